The molecular formula is C26H33N5O. The molecule has 0 amide bonds. The molecule has 1 fully saturated rings. The van der Waals surface area contributed by atoms with Gasteiger partial charge in [-0.2, -0.15) is 5.10 Å². The smallest absolute Gasteiger partial charge is 0.158 e. The molecule has 32 heavy (non-hydrogen) atoms. The third-order valence-corrected chi connectivity index (χ3v) is 6.91. The maximum atomic E-state index is 6.45. The molecule has 1 aliphatic carbocycles. The van der Waals surface area contributed by atoms with E-state index in [9.17, 15) is 0 Å². The second-order valence-electron chi connectivity index (χ2n) is 9.73. The average molecular weight is 432 g/mol. The third kappa shape index (κ3) is 3.77. The fourth-order valence-electron chi connectivity index (χ4n) is 5.19. The highest BCUT2D eigenvalue weighted by molar-refractivity contribution is 5.92. The van der Waals surface area contributed by atoms with Gasteiger partial charge in [-0.3, -0.25) is 0 Å². The van der Waals surface area contributed by atoms with E-state index >= 15 is 0 Å². The minimum absolute atomic E-state index is 0.307. The van der Waals surface area contributed by atoms with Crippen LogP contribution in [0.1, 0.15) is 56.6 Å². The Bertz CT molecular complexity index is 1240. The Morgan fingerprint density at radius 2 is 1.91 bits per heavy atom. The number of pyridine rings is 1. The third-order valence-electron chi connectivity index (χ3n) is 6.91. The van der Waals surface area contributed by atoms with Crippen LogP contribution in [0.25, 0.3) is 27.8 Å². The molecule has 1 aromatic carbocycles. The van der Waals surface area contributed by atoms with E-state index in [2.05, 4.69) is 85.3 Å². The van der Waals surface area contributed by atoms with Gasteiger partial charge in [-0.25, -0.2) is 9.50 Å². The summed E-state index contributed by atoms with van der Waals surface area (Å²) in [5, 5.41) is 5.60. The normalized spacial score (nSPS) is 19.5. The Kier molecular flexibility index (Phi) is 5.41. The van der Waals surface area contributed by atoms with Gasteiger partial charge in [-0.1, -0.05) is 13.8 Å². The summed E-state index contributed by atoms with van der Waals surface area (Å²) in [5.41, 5.74) is 6.76. The molecule has 0 atom stereocenters. The molecule has 0 aliphatic heterocycles. The van der Waals surface area contributed by atoms with Crippen LogP contribution in [-0.4, -0.2) is 50.7 Å². The van der Waals surface area contributed by atoms with Crippen LogP contribution in [0.3, 0.4) is 0 Å². The van der Waals surface area contributed by atoms with E-state index in [0.29, 0.717) is 18.1 Å². The molecule has 5 rings (SSSR count). The molecule has 3 heterocycles. The SMILES string of the molecule is Cc1cc(-c2[nH]c3ccc(OC4CCC(N(C)C)CC4)cc3c2C(C)C)cn2ncnc12. The van der Waals surface area contributed by atoms with Crippen molar-refractivity contribution >= 4 is 16.6 Å². The molecular weight excluding hydrogens is 398 g/mol. The predicted molar refractivity (Wildman–Crippen MR) is 129 cm³/mol. The molecule has 0 radical (unpaired) electrons. The van der Waals surface area contributed by atoms with Crippen molar-refractivity contribution in [3.63, 3.8) is 0 Å². The largest absolute Gasteiger partial charge is 0.490 e. The summed E-state index contributed by atoms with van der Waals surface area (Å²) < 4.78 is 8.31. The fraction of sp³-hybridized carbons (Fsp3) is 0.462. The van der Waals surface area contributed by atoms with E-state index in [1.165, 1.54) is 23.8 Å². The summed E-state index contributed by atoms with van der Waals surface area (Å²) in [4.78, 5) is 10.4. The first-order valence-corrected chi connectivity index (χ1v) is 11.7. The first-order chi connectivity index (χ1) is 15.4. The summed E-state index contributed by atoms with van der Waals surface area (Å²) in [5.74, 6) is 1.34. The van der Waals surface area contributed by atoms with Crippen LogP contribution in [0.5, 0.6) is 5.75 Å². The van der Waals surface area contributed by atoms with Gasteiger partial charge < -0.3 is 14.6 Å². The molecule has 0 saturated heterocycles. The summed E-state index contributed by atoms with van der Waals surface area (Å²) in [6, 6.07) is 9.37. The monoisotopic (exact) mass is 431 g/mol. The van der Waals surface area contributed by atoms with Crippen molar-refractivity contribution < 1.29 is 4.74 Å². The molecule has 4 aromatic rings. The Morgan fingerprint density at radius 3 is 2.62 bits per heavy atom. The lowest BCUT2D eigenvalue weighted by Crippen LogP contribution is -2.35. The van der Waals surface area contributed by atoms with Crippen LogP contribution in [0.15, 0.2) is 36.8 Å². The molecule has 0 bridgehead atoms. The van der Waals surface area contributed by atoms with Crippen LogP contribution >= 0.6 is 0 Å². The first kappa shape index (κ1) is 21.0. The van der Waals surface area contributed by atoms with E-state index in [0.717, 1.165) is 46.6 Å². The van der Waals surface area contributed by atoms with Gasteiger partial charge in [0.25, 0.3) is 0 Å². The van der Waals surface area contributed by atoms with Gasteiger partial charge in [0.2, 0.25) is 0 Å². The van der Waals surface area contributed by atoms with Crippen molar-refractivity contribution in [1.29, 1.82) is 0 Å². The molecule has 6 nitrogen and oxygen atoms in total. The van der Waals surface area contributed by atoms with Crippen LogP contribution in [0.4, 0.5) is 0 Å². The quantitative estimate of drug-likeness (QED) is 0.449. The number of nitrogens with zero attached hydrogens (tertiary/aromatic N) is 4. The molecule has 0 spiro atoms. The fourth-order valence-corrected chi connectivity index (χ4v) is 5.19. The molecule has 1 saturated carbocycles. The van der Waals surface area contributed by atoms with Crippen molar-refractivity contribution in [2.45, 2.75) is 64.5 Å². The Hall–Kier alpha value is -2.86. The van der Waals surface area contributed by atoms with E-state index in [4.69, 9.17) is 4.74 Å². The summed E-state index contributed by atoms with van der Waals surface area (Å²) >= 11 is 0. The highest BCUT2D eigenvalue weighted by atomic mass is 16.5. The van der Waals surface area contributed by atoms with E-state index in [1.54, 1.807) is 6.33 Å². The maximum absolute atomic E-state index is 6.45. The lowest BCUT2D eigenvalue weighted by Gasteiger charge is -2.32. The summed E-state index contributed by atoms with van der Waals surface area (Å²) in [6.45, 7) is 6.59. The van der Waals surface area contributed by atoms with Crippen LogP contribution in [-0.2, 0) is 0 Å². The molecule has 0 unspecified atom stereocenters. The van der Waals surface area contributed by atoms with Gasteiger partial charge in [0.05, 0.1) is 11.8 Å². The van der Waals surface area contributed by atoms with Crippen molar-refractivity contribution in [1.82, 2.24) is 24.5 Å². The average Bonchev–Trinajstić information content (AvgIpc) is 3.38. The van der Waals surface area contributed by atoms with Gasteiger partial charge in [0, 0.05) is 28.7 Å². The number of benzene rings is 1. The number of H-pyrrole nitrogens is 1. The lowest BCUT2D eigenvalue weighted by atomic mass is 9.92. The number of rotatable bonds is 5. The first-order valence-electron chi connectivity index (χ1n) is 11.7. The van der Waals surface area contributed by atoms with Crippen molar-refractivity contribution in [2.24, 2.45) is 0 Å². The van der Waals surface area contributed by atoms with Gasteiger partial charge in [0.15, 0.2) is 5.65 Å². The van der Waals surface area contributed by atoms with Crippen molar-refractivity contribution in [2.75, 3.05) is 14.1 Å². The highest BCUT2D eigenvalue weighted by Gasteiger charge is 2.24. The molecule has 1 aliphatic rings. The number of hydrogen-bond acceptors (Lipinski definition) is 4. The summed E-state index contributed by atoms with van der Waals surface area (Å²) in [7, 11) is 4.36. The number of aromatic nitrogens is 4. The highest BCUT2D eigenvalue weighted by Crippen LogP contribution is 2.38. The number of aryl methyl sites for hydroxylation is 1. The summed E-state index contributed by atoms with van der Waals surface area (Å²) in [6.07, 6.45) is 8.62. The van der Waals surface area contributed by atoms with Crippen LogP contribution in [0, 0.1) is 6.92 Å². The van der Waals surface area contributed by atoms with Gasteiger partial charge in [-0.15, -0.1) is 0 Å². The number of fused-ring (bicyclic) bond motifs is 2. The Balaban J connectivity index is 1.49. The number of hydrogen-bond donors (Lipinski definition) is 1. The molecule has 3 aromatic heterocycles. The Labute approximate surface area is 189 Å². The van der Waals surface area contributed by atoms with Gasteiger partial charge in [-0.05, 0) is 88.0 Å². The second-order valence-corrected chi connectivity index (χ2v) is 9.73. The standard InChI is InChI=1S/C26H33N5O/c1-16(2)24-22-13-21(32-20-8-6-19(7-9-20)30(4)5)10-11-23(22)29-25(24)18-12-17(3)26-27-15-28-31(26)14-18/h10-16,19-20,29H,6-9H2,1-5H3. The van der Waals surface area contributed by atoms with Crippen molar-refractivity contribution in [3.05, 3.63) is 47.9 Å². The number of nitrogens with one attached hydrogen (secondary N) is 1. The van der Waals surface area contributed by atoms with E-state index in [1.807, 2.05) is 4.52 Å². The zero-order chi connectivity index (χ0) is 22.4. The zero-order valence-corrected chi connectivity index (χ0v) is 19.7. The molecule has 6 heteroatoms. The van der Waals surface area contributed by atoms with Crippen molar-refractivity contribution in [3.8, 4) is 17.0 Å². The lowest BCUT2D eigenvalue weighted by molar-refractivity contribution is 0.111. The van der Waals surface area contributed by atoms with Gasteiger partial charge >= 0.3 is 0 Å². The molecule has 1 N–H and O–H groups in total. The second kappa shape index (κ2) is 8.24. The topological polar surface area (TPSA) is 58.5 Å². The Morgan fingerprint density at radius 1 is 1.12 bits per heavy atom. The minimum atomic E-state index is 0.307. The van der Waals surface area contributed by atoms with Crippen LogP contribution < -0.4 is 4.74 Å². The van der Waals surface area contributed by atoms with E-state index in [-0.39, 0.29) is 0 Å². The number of aromatic amines is 1. The minimum Gasteiger partial charge on any atom is -0.490 e. The number of ether oxygens (including phenoxy) is 1. The predicted octanol–water partition coefficient (Wildman–Crippen LogP) is 5.56. The molecule has 168 valence electrons. The maximum Gasteiger partial charge on any atom is 0.158 e. The van der Waals surface area contributed by atoms with Crippen LogP contribution in [0.2, 0.25) is 0 Å². The zero-order valence-electron chi connectivity index (χ0n) is 19.7. The van der Waals surface area contributed by atoms with Gasteiger partial charge in [0.1, 0.15) is 12.1 Å². The van der Waals surface area contributed by atoms with E-state index < -0.39 is 0 Å².